The van der Waals surface area contributed by atoms with Crippen molar-refractivity contribution in [1.29, 1.82) is 0 Å². The molecular weight excluding hydrogens is 427 g/mol. The Kier molecular flexibility index (Phi) is 6.38. The van der Waals surface area contributed by atoms with Crippen LogP contribution in [0.5, 0.6) is 5.75 Å². The average molecular weight is 445 g/mol. The lowest BCUT2D eigenvalue weighted by Gasteiger charge is -2.14. The molecule has 2 aromatic rings. The van der Waals surface area contributed by atoms with Gasteiger partial charge in [-0.15, -0.1) is 0 Å². The van der Waals surface area contributed by atoms with Gasteiger partial charge < -0.3 is 10.1 Å². The summed E-state index contributed by atoms with van der Waals surface area (Å²) in [5.74, 6) is -1.16. The van der Waals surface area contributed by atoms with Gasteiger partial charge in [-0.25, -0.2) is 17.5 Å². The number of benzene rings is 2. The van der Waals surface area contributed by atoms with E-state index in [1.165, 1.54) is 37.4 Å². The Balaban J connectivity index is 2.38. The first-order chi connectivity index (χ1) is 12.1. The lowest BCUT2D eigenvalue weighted by Crippen LogP contribution is -2.30. The van der Waals surface area contributed by atoms with E-state index in [2.05, 4.69) is 26.0 Å². The highest BCUT2D eigenvalue weighted by Gasteiger charge is 2.22. The SMILES string of the molecule is COc1ccc(C(=O)Nc2ccc(Br)cc2F)cc1S(=O)(=O)NC(C)C. The number of carbonyl (C=O) groups excluding carboxylic acids is 1. The minimum atomic E-state index is -3.88. The zero-order valence-corrected chi connectivity index (χ0v) is 16.7. The van der Waals surface area contributed by atoms with Gasteiger partial charge in [-0.05, 0) is 50.2 Å². The molecule has 2 rings (SSSR count). The van der Waals surface area contributed by atoms with E-state index in [-0.39, 0.29) is 27.9 Å². The fourth-order valence-corrected chi connectivity index (χ4v) is 3.97. The third-order valence-corrected chi connectivity index (χ3v) is 5.46. The van der Waals surface area contributed by atoms with Crippen molar-refractivity contribution in [3.8, 4) is 5.75 Å². The molecule has 0 aliphatic carbocycles. The number of sulfonamides is 1. The summed E-state index contributed by atoms with van der Waals surface area (Å²) in [6, 6.07) is 7.83. The molecule has 6 nitrogen and oxygen atoms in total. The van der Waals surface area contributed by atoms with E-state index >= 15 is 0 Å². The van der Waals surface area contributed by atoms with Crippen molar-refractivity contribution >= 4 is 37.5 Å². The lowest BCUT2D eigenvalue weighted by atomic mass is 10.2. The molecular formula is C17H18BrFN2O4S. The van der Waals surface area contributed by atoms with E-state index in [1.54, 1.807) is 19.9 Å². The number of anilines is 1. The Hall–Kier alpha value is -1.97. The Labute approximate surface area is 159 Å². The number of amides is 1. The quantitative estimate of drug-likeness (QED) is 0.713. The largest absolute Gasteiger partial charge is 0.495 e. The maximum absolute atomic E-state index is 13.9. The number of carbonyl (C=O) groups is 1. The van der Waals surface area contributed by atoms with Crippen LogP contribution >= 0.6 is 15.9 Å². The molecule has 0 fully saturated rings. The standard InChI is InChI=1S/C17H18BrFN2O4S/c1-10(2)21-26(23,24)16-8-11(4-7-15(16)25-3)17(22)20-14-6-5-12(18)9-13(14)19/h4-10,21H,1-3H3,(H,20,22). The molecule has 140 valence electrons. The van der Waals surface area contributed by atoms with Crippen LogP contribution < -0.4 is 14.8 Å². The topological polar surface area (TPSA) is 84.5 Å². The summed E-state index contributed by atoms with van der Waals surface area (Å²) in [4.78, 5) is 12.2. The van der Waals surface area contributed by atoms with Crippen molar-refractivity contribution in [2.24, 2.45) is 0 Å². The lowest BCUT2D eigenvalue weighted by molar-refractivity contribution is 0.102. The van der Waals surface area contributed by atoms with Gasteiger partial charge in [-0.1, -0.05) is 15.9 Å². The van der Waals surface area contributed by atoms with Crippen LogP contribution in [0, 0.1) is 5.82 Å². The number of hydrogen-bond acceptors (Lipinski definition) is 4. The molecule has 2 aromatic carbocycles. The zero-order valence-electron chi connectivity index (χ0n) is 14.3. The predicted molar refractivity (Wildman–Crippen MR) is 101 cm³/mol. The van der Waals surface area contributed by atoms with Crippen molar-refractivity contribution in [1.82, 2.24) is 4.72 Å². The summed E-state index contributed by atoms with van der Waals surface area (Å²) in [6.45, 7) is 3.35. The second-order valence-corrected chi connectivity index (χ2v) is 8.32. The Bertz CT molecular complexity index is 932. The average Bonchev–Trinajstić information content (AvgIpc) is 2.55. The minimum Gasteiger partial charge on any atom is -0.495 e. The summed E-state index contributed by atoms with van der Waals surface area (Å²) in [5, 5.41) is 2.42. The van der Waals surface area contributed by atoms with Crippen molar-refractivity contribution in [2.75, 3.05) is 12.4 Å². The highest BCUT2D eigenvalue weighted by molar-refractivity contribution is 9.10. The molecule has 0 spiro atoms. The zero-order chi connectivity index (χ0) is 19.5. The first-order valence-corrected chi connectivity index (χ1v) is 9.88. The van der Waals surface area contributed by atoms with Crippen LogP contribution in [0.2, 0.25) is 0 Å². The van der Waals surface area contributed by atoms with E-state index in [9.17, 15) is 17.6 Å². The van der Waals surface area contributed by atoms with Gasteiger partial charge in [0.1, 0.15) is 16.5 Å². The van der Waals surface area contributed by atoms with E-state index < -0.39 is 21.7 Å². The molecule has 0 unspecified atom stereocenters. The van der Waals surface area contributed by atoms with Crippen LogP contribution in [-0.4, -0.2) is 27.5 Å². The molecule has 1 amide bonds. The molecule has 0 saturated carbocycles. The van der Waals surface area contributed by atoms with Gasteiger partial charge in [0.15, 0.2) is 0 Å². The number of hydrogen-bond donors (Lipinski definition) is 2. The molecule has 0 atom stereocenters. The second kappa shape index (κ2) is 8.15. The monoisotopic (exact) mass is 444 g/mol. The Morgan fingerprint density at radius 2 is 1.88 bits per heavy atom. The van der Waals surface area contributed by atoms with Crippen LogP contribution in [0.1, 0.15) is 24.2 Å². The van der Waals surface area contributed by atoms with Gasteiger partial charge in [0, 0.05) is 16.1 Å². The second-order valence-electron chi connectivity index (χ2n) is 5.72. The fraction of sp³-hybridized carbons (Fsp3) is 0.235. The van der Waals surface area contributed by atoms with Crippen LogP contribution in [0.25, 0.3) is 0 Å². The molecule has 2 N–H and O–H groups in total. The van der Waals surface area contributed by atoms with E-state index in [0.717, 1.165) is 0 Å². The maximum atomic E-state index is 13.9. The number of methoxy groups -OCH3 is 1. The summed E-state index contributed by atoms with van der Waals surface area (Å²) in [7, 11) is -2.55. The first-order valence-electron chi connectivity index (χ1n) is 7.61. The fourth-order valence-electron chi connectivity index (χ4n) is 2.19. The summed E-state index contributed by atoms with van der Waals surface area (Å²) < 4.78 is 46.9. The maximum Gasteiger partial charge on any atom is 0.255 e. The van der Waals surface area contributed by atoms with Crippen molar-refractivity contribution in [2.45, 2.75) is 24.8 Å². The minimum absolute atomic E-state index is 0.0151. The number of rotatable bonds is 6. The molecule has 0 aliphatic rings. The van der Waals surface area contributed by atoms with Gasteiger partial charge >= 0.3 is 0 Å². The third kappa shape index (κ3) is 4.80. The summed E-state index contributed by atoms with van der Waals surface area (Å²) in [5.41, 5.74) is 0.0379. The van der Waals surface area contributed by atoms with Gasteiger partial charge in [0.25, 0.3) is 5.91 Å². The van der Waals surface area contributed by atoms with Crippen LogP contribution in [-0.2, 0) is 10.0 Å². The van der Waals surface area contributed by atoms with Gasteiger partial charge in [0.2, 0.25) is 10.0 Å². The van der Waals surface area contributed by atoms with Crippen LogP contribution in [0.15, 0.2) is 45.8 Å². The normalized spacial score (nSPS) is 11.5. The summed E-state index contributed by atoms with van der Waals surface area (Å²) >= 11 is 3.13. The number of ether oxygens (including phenoxy) is 1. The molecule has 0 heterocycles. The molecule has 0 aliphatic heterocycles. The van der Waals surface area contributed by atoms with Crippen molar-refractivity contribution in [3.05, 3.63) is 52.3 Å². The van der Waals surface area contributed by atoms with Crippen molar-refractivity contribution < 1.29 is 22.3 Å². The number of nitrogens with one attached hydrogen (secondary N) is 2. The molecule has 0 aromatic heterocycles. The van der Waals surface area contributed by atoms with Gasteiger partial charge in [-0.3, -0.25) is 4.79 Å². The third-order valence-electron chi connectivity index (χ3n) is 3.29. The van der Waals surface area contributed by atoms with Gasteiger partial charge in [-0.2, -0.15) is 0 Å². The van der Waals surface area contributed by atoms with Crippen LogP contribution in [0.3, 0.4) is 0 Å². The Morgan fingerprint density at radius 1 is 1.19 bits per heavy atom. The van der Waals surface area contributed by atoms with E-state index in [4.69, 9.17) is 4.74 Å². The van der Waals surface area contributed by atoms with E-state index in [1.807, 2.05) is 0 Å². The Morgan fingerprint density at radius 3 is 2.46 bits per heavy atom. The molecule has 0 saturated heterocycles. The molecule has 26 heavy (non-hydrogen) atoms. The smallest absolute Gasteiger partial charge is 0.255 e. The van der Waals surface area contributed by atoms with E-state index in [0.29, 0.717) is 4.47 Å². The van der Waals surface area contributed by atoms with Gasteiger partial charge in [0.05, 0.1) is 12.8 Å². The summed E-state index contributed by atoms with van der Waals surface area (Å²) in [6.07, 6.45) is 0. The molecule has 0 bridgehead atoms. The van der Waals surface area contributed by atoms with Crippen LogP contribution in [0.4, 0.5) is 10.1 Å². The number of halogens is 2. The van der Waals surface area contributed by atoms with Crippen molar-refractivity contribution in [3.63, 3.8) is 0 Å². The predicted octanol–water partition coefficient (Wildman–Crippen LogP) is 3.54. The molecule has 9 heteroatoms. The highest BCUT2D eigenvalue weighted by Crippen LogP contribution is 2.26. The molecule has 0 radical (unpaired) electrons. The first kappa shape index (κ1) is 20.3. The highest BCUT2D eigenvalue weighted by atomic mass is 79.9.